The molecule has 1 aliphatic carbocycles. The molecule has 0 saturated heterocycles. The van der Waals surface area contributed by atoms with Crippen molar-refractivity contribution in [3.8, 4) is 11.5 Å². The van der Waals surface area contributed by atoms with Crippen LogP contribution >= 0.6 is 0 Å². The maximum Gasteiger partial charge on any atom is 0.191 e. The average molecular weight is 331 g/mol. The molecule has 2 N–H and O–H groups in total. The van der Waals surface area contributed by atoms with Crippen molar-refractivity contribution in [2.24, 2.45) is 10.9 Å². The molecule has 0 aromatic heterocycles. The smallest absolute Gasteiger partial charge is 0.191 e. The molecule has 1 saturated carbocycles. The lowest BCUT2D eigenvalue weighted by molar-refractivity contribution is 0.171. The van der Waals surface area contributed by atoms with Crippen molar-refractivity contribution in [3.63, 3.8) is 0 Å². The summed E-state index contributed by atoms with van der Waals surface area (Å²) in [5.41, 5.74) is 1.24. The minimum Gasteiger partial charge on any atom is -0.486 e. The molecule has 0 amide bonds. The first-order valence-corrected chi connectivity index (χ1v) is 9.10. The van der Waals surface area contributed by atoms with Crippen LogP contribution in [0.25, 0.3) is 0 Å². The lowest BCUT2D eigenvalue weighted by Crippen LogP contribution is -2.45. The Morgan fingerprint density at radius 1 is 1.12 bits per heavy atom. The molecule has 1 heterocycles. The van der Waals surface area contributed by atoms with Gasteiger partial charge in [-0.2, -0.15) is 0 Å². The molecular weight excluding hydrogens is 302 g/mol. The SMILES string of the molecule is CN=C(NCCc1ccc2c(c1)OCCO2)NC1CCC(C)CC1. The van der Waals surface area contributed by atoms with E-state index >= 15 is 0 Å². The Hall–Kier alpha value is -1.91. The summed E-state index contributed by atoms with van der Waals surface area (Å²) in [6.07, 6.45) is 6.03. The van der Waals surface area contributed by atoms with E-state index in [0.29, 0.717) is 19.3 Å². The third-order valence-electron chi connectivity index (χ3n) is 4.89. The zero-order chi connectivity index (χ0) is 16.8. The molecule has 5 nitrogen and oxygen atoms in total. The number of guanidine groups is 1. The van der Waals surface area contributed by atoms with E-state index in [1.54, 1.807) is 0 Å². The topological polar surface area (TPSA) is 54.9 Å². The second kappa shape index (κ2) is 8.27. The fourth-order valence-corrected chi connectivity index (χ4v) is 3.36. The van der Waals surface area contributed by atoms with Gasteiger partial charge in [0, 0.05) is 19.6 Å². The van der Waals surface area contributed by atoms with Crippen molar-refractivity contribution in [1.82, 2.24) is 10.6 Å². The number of ether oxygens (including phenoxy) is 2. The summed E-state index contributed by atoms with van der Waals surface area (Å²) in [5, 5.41) is 6.98. The fourth-order valence-electron chi connectivity index (χ4n) is 3.36. The first-order chi connectivity index (χ1) is 11.7. The second-order valence-electron chi connectivity index (χ2n) is 6.83. The quantitative estimate of drug-likeness (QED) is 0.658. The van der Waals surface area contributed by atoms with E-state index in [1.165, 1.54) is 31.2 Å². The Kier molecular flexibility index (Phi) is 5.83. The molecule has 1 aliphatic heterocycles. The van der Waals surface area contributed by atoms with E-state index in [9.17, 15) is 0 Å². The van der Waals surface area contributed by atoms with Crippen LogP contribution in [0, 0.1) is 5.92 Å². The van der Waals surface area contributed by atoms with E-state index in [2.05, 4.69) is 34.7 Å². The summed E-state index contributed by atoms with van der Waals surface area (Å²) in [4.78, 5) is 4.35. The maximum absolute atomic E-state index is 5.64. The van der Waals surface area contributed by atoms with Crippen LogP contribution in [-0.4, -0.2) is 38.8 Å². The minimum absolute atomic E-state index is 0.557. The molecule has 0 bridgehead atoms. The molecule has 2 aliphatic rings. The fraction of sp³-hybridized carbons (Fsp3) is 0.632. The van der Waals surface area contributed by atoms with Crippen LogP contribution < -0.4 is 20.1 Å². The molecular formula is C19H29N3O2. The number of benzene rings is 1. The Labute approximate surface area is 144 Å². The number of nitrogens with zero attached hydrogens (tertiary/aromatic N) is 1. The van der Waals surface area contributed by atoms with Crippen molar-refractivity contribution < 1.29 is 9.47 Å². The van der Waals surface area contributed by atoms with E-state index in [4.69, 9.17) is 9.47 Å². The van der Waals surface area contributed by atoms with Crippen LogP contribution in [-0.2, 0) is 6.42 Å². The summed E-state index contributed by atoms with van der Waals surface area (Å²) in [6, 6.07) is 6.74. The van der Waals surface area contributed by atoms with Gasteiger partial charge in [-0.15, -0.1) is 0 Å². The van der Waals surface area contributed by atoms with Crippen LogP contribution in [0.4, 0.5) is 0 Å². The van der Waals surface area contributed by atoms with Crippen molar-refractivity contribution in [1.29, 1.82) is 0 Å². The molecule has 1 fully saturated rings. The molecule has 0 radical (unpaired) electrons. The van der Waals surface area contributed by atoms with Crippen LogP contribution in [0.5, 0.6) is 11.5 Å². The molecule has 5 heteroatoms. The lowest BCUT2D eigenvalue weighted by atomic mass is 9.87. The zero-order valence-corrected chi connectivity index (χ0v) is 14.8. The number of fused-ring (bicyclic) bond motifs is 1. The maximum atomic E-state index is 5.64. The van der Waals surface area contributed by atoms with Crippen LogP contribution in [0.1, 0.15) is 38.2 Å². The van der Waals surface area contributed by atoms with Gasteiger partial charge in [-0.05, 0) is 55.7 Å². The highest BCUT2D eigenvalue weighted by Crippen LogP contribution is 2.30. The zero-order valence-electron chi connectivity index (χ0n) is 14.8. The van der Waals surface area contributed by atoms with E-state index in [1.807, 2.05) is 13.1 Å². The first kappa shape index (κ1) is 16.9. The second-order valence-corrected chi connectivity index (χ2v) is 6.83. The number of rotatable bonds is 4. The van der Waals surface area contributed by atoms with Crippen LogP contribution in [0.15, 0.2) is 23.2 Å². The molecule has 24 heavy (non-hydrogen) atoms. The van der Waals surface area contributed by atoms with Gasteiger partial charge < -0.3 is 20.1 Å². The minimum atomic E-state index is 0.557. The summed E-state index contributed by atoms with van der Waals surface area (Å²) >= 11 is 0. The molecule has 3 rings (SSSR count). The monoisotopic (exact) mass is 331 g/mol. The Morgan fingerprint density at radius 2 is 1.88 bits per heavy atom. The third kappa shape index (κ3) is 4.56. The van der Waals surface area contributed by atoms with Gasteiger partial charge in [0.25, 0.3) is 0 Å². The Bertz CT molecular complexity index is 566. The summed E-state index contributed by atoms with van der Waals surface area (Å²) < 4.78 is 11.2. The normalized spacial score (nSPS) is 23.7. The van der Waals surface area contributed by atoms with Crippen molar-refractivity contribution >= 4 is 5.96 Å². The molecule has 1 aromatic rings. The molecule has 0 spiro atoms. The Morgan fingerprint density at radius 3 is 2.62 bits per heavy atom. The van der Waals surface area contributed by atoms with E-state index in [-0.39, 0.29) is 0 Å². The average Bonchev–Trinajstić information content (AvgIpc) is 2.62. The van der Waals surface area contributed by atoms with E-state index < -0.39 is 0 Å². The van der Waals surface area contributed by atoms with Gasteiger partial charge in [0.2, 0.25) is 0 Å². The molecule has 1 aromatic carbocycles. The summed E-state index contributed by atoms with van der Waals surface area (Å²) in [6.45, 7) is 4.46. The van der Waals surface area contributed by atoms with Gasteiger partial charge in [0.15, 0.2) is 17.5 Å². The first-order valence-electron chi connectivity index (χ1n) is 9.10. The highest BCUT2D eigenvalue weighted by Gasteiger charge is 2.18. The number of aliphatic imine (C=N–C) groups is 1. The van der Waals surface area contributed by atoms with Crippen molar-refractivity contribution in [2.75, 3.05) is 26.8 Å². The highest BCUT2D eigenvalue weighted by molar-refractivity contribution is 5.79. The summed E-state index contributed by atoms with van der Waals surface area (Å²) in [5.74, 6) is 3.49. The number of hydrogen-bond acceptors (Lipinski definition) is 3. The predicted molar refractivity (Wildman–Crippen MR) is 97.1 cm³/mol. The number of hydrogen-bond donors (Lipinski definition) is 2. The predicted octanol–water partition coefficient (Wildman–Crippen LogP) is 2.74. The van der Waals surface area contributed by atoms with Gasteiger partial charge in [-0.25, -0.2) is 0 Å². The molecule has 132 valence electrons. The van der Waals surface area contributed by atoms with Gasteiger partial charge in [-0.3, -0.25) is 4.99 Å². The lowest BCUT2D eigenvalue weighted by Gasteiger charge is -2.28. The third-order valence-corrected chi connectivity index (χ3v) is 4.89. The van der Waals surface area contributed by atoms with Gasteiger partial charge in [0.1, 0.15) is 13.2 Å². The highest BCUT2D eigenvalue weighted by atomic mass is 16.6. The van der Waals surface area contributed by atoms with E-state index in [0.717, 1.165) is 36.3 Å². The van der Waals surface area contributed by atoms with Crippen LogP contribution in [0.3, 0.4) is 0 Å². The van der Waals surface area contributed by atoms with Gasteiger partial charge in [0.05, 0.1) is 0 Å². The largest absolute Gasteiger partial charge is 0.486 e. The van der Waals surface area contributed by atoms with Gasteiger partial charge >= 0.3 is 0 Å². The van der Waals surface area contributed by atoms with Crippen molar-refractivity contribution in [3.05, 3.63) is 23.8 Å². The Balaban J connectivity index is 1.44. The standard InChI is InChI=1S/C19H29N3O2/c1-14-3-6-16(7-4-14)22-19(20-2)21-10-9-15-5-8-17-18(13-15)24-12-11-23-17/h5,8,13-14,16H,3-4,6-7,9-12H2,1-2H3,(H2,20,21,22). The van der Waals surface area contributed by atoms with Crippen LogP contribution in [0.2, 0.25) is 0 Å². The van der Waals surface area contributed by atoms with Crippen molar-refractivity contribution in [2.45, 2.75) is 45.1 Å². The molecule has 0 unspecified atom stereocenters. The number of nitrogens with one attached hydrogen (secondary N) is 2. The van der Waals surface area contributed by atoms with Gasteiger partial charge in [-0.1, -0.05) is 13.0 Å². The molecule has 0 atom stereocenters. The summed E-state index contributed by atoms with van der Waals surface area (Å²) in [7, 11) is 1.84.